The van der Waals surface area contributed by atoms with Crippen molar-refractivity contribution in [2.75, 3.05) is 13.1 Å². The molecule has 0 spiro atoms. The van der Waals surface area contributed by atoms with Gasteiger partial charge in [-0.3, -0.25) is 14.4 Å². The number of hydrogen-bond acceptors (Lipinski definition) is 8. The molecule has 39 heavy (non-hydrogen) atoms. The van der Waals surface area contributed by atoms with E-state index in [1.54, 1.807) is 44.2 Å². The average molecular weight is 580 g/mol. The van der Waals surface area contributed by atoms with Crippen molar-refractivity contribution in [3.05, 3.63) is 35.9 Å². The molecule has 13 heteroatoms. The maximum atomic E-state index is 13.5. The van der Waals surface area contributed by atoms with E-state index in [2.05, 4.69) is 16.6 Å². The molecule has 0 bridgehead atoms. The molecule has 3 atom stereocenters. The number of rotatable bonds is 15. The minimum Gasteiger partial charge on any atom is -0.479 e. The molecule has 1 aromatic rings. The predicted molar refractivity (Wildman–Crippen MR) is 150 cm³/mol. The summed E-state index contributed by atoms with van der Waals surface area (Å²) >= 11 is 6.58. The molecule has 0 heterocycles. The first-order chi connectivity index (χ1) is 18.1. The molecule has 6 N–H and O–H groups in total. The Labute approximate surface area is 236 Å². The highest BCUT2D eigenvalue weighted by molar-refractivity contribution is 8.25. The maximum Gasteiger partial charge on any atom is 0.338 e. The first kappa shape index (κ1) is 33.6. The zero-order valence-electron chi connectivity index (χ0n) is 21.9. The molecule has 0 saturated carbocycles. The molecule has 0 aliphatic rings. The van der Waals surface area contributed by atoms with Gasteiger partial charge < -0.3 is 31.3 Å². The minimum atomic E-state index is -2.19. The highest BCUT2D eigenvalue weighted by Gasteiger charge is 2.46. The number of carboxylic acids is 2. The molecule has 1 aromatic carbocycles. The second-order valence-electron chi connectivity index (χ2n) is 9.35. The Morgan fingerprint density at radius 1 is 1.05 bits per heavy atom. The van der Waals surface area contributed by atoms with Crippen molar-refractivity contribution in [3.63, 3.8) is 0 Å². The third-order valence-corrected chi connectivity index (χ3v) is 7.36. The predicted octanol–water partition coefficient (Wildman–Crippen LogP) is 0.931. The third-order valence-electron chi connectivity index (χ3n) is 5.67. The standard InChI is InChI=1S/C26H33N3O8S2/c1-5-6-12-25(3,23(36)27-13-16(2)30)15-26(4,39-22(38)17-10-8-7-9-11-17)24(37)28-14-18(31)29-19(20(32)33)21(34)35/h1,7-11,16,19,30H,6,12-15H2,2-4H3,(H,27,36)(H,28,37)(H,29,31)(H,32,33)(H,34,35). The number of amides is 3. The second kappa shape index (κ2) is 15.2. The molecular weight excluding hydrogens is 546 g/mol. The minimum absolute atomic E-state index is 0.0164. The number of aliphatic hydroxyl groups is 1. The number of thiocarbonyl (C=S) groups is 1. The zero-order valence-corrected chi connectivity index (χ0v) is 23.5. The molecule has 0 aromatic heterocycles. The molecule has 0 aliphatic carbocycles. The number of carbonyl (C=O) groups excluding carboxylic acids is 3. The van der Waals surface area contributed by atoms with E-state index in [4.69, 9.17) is 28.9 Å². The van der Waals surface area contributed by atoms with Crippen LogP contribution in [0, 0.1) is 17.8 Å². The fourth-order valence-corrected chi connectivity index (χ4v) is 5.52. The first-order valence-electron chi connectivity index (χ1n) is 11.9. The van der Waals surface area contributed by atoms with E-state index >= 15 is 0 Å². The summed E-state index contributed by atoms with van der Waals surface area (Å²) < 4.78 is -1.09. The van der Waals surface area contributed by atoms with E-state index in [9.17, 15) is 29.1 Å². The van der Waals surface area contributed by atoms with Crippen LogP contribution in [0.5, 0.6) is 0 Å². The molecule has 212 valence electrons. The van der Waals surface area contributed by atoms with Gasteiger partial charge in [0.15, 0.2) is 0 Å². The summed E-state index contributed by atoms with van der Waals surface area (Å²) in [6, 6.07) is 6.66. The lowest BCUT2D eigenvalue weighted by molar-refractivity contribution is -0.153. The Balaban J connectivity index is 3.28. The molecule has 0 radical (unpaired) electrons. The Kier molecular flexibility index (Phi) is 13.1. The van der Waals surface area contributed by atoms with Crippen LogP contribution in [0.25, 0.3) is 0 Å². The SMILES string of the molecule is C#CCCC(C)(CC(C)(SC(=S)c1ccccc1)C(=O)NCC(=O)NC(C(=O)O)C(=O)O)C(=O)NCC(C)O. The number of thioether (sulfide) groups is 1. The summed E-state index contributed by atoms with van der Waals surface area (Å²) in [4.78, 5) is 61.1. The topological polar surface area (TPSA) is 182 Å². The van der Waals surface area contributed by atoms with Crippen LogP contribution in [-0.4, -0.2) is 79.2 Å². The summed E-state index contributed by atoms with van der Waals surface area (Å²) in [5.74, 6) is -3.23. The quantitative estimate of drug-likeness (QED) is 0.0993. The van der Waals surface area contributed by atoms with Gasteiger partial charge in [-0.05, 0) is 32.3 Å². The van der Waals surface area contributed by atoms with E-state index in [1.807, 2.05) is 5.32 Å². The lowest BCUT2D eigenvalue weighted by Crippen LogP contribution is -2.53. The first-order valence-corrected chi connectivity index (χ1v) is 13.1. The van der Waals surface area contributed by atoms with Gasteiger partial charge in [0.1, 0.15) is 0 Å². The Morgan fingerprint density at radius 3 is 2.15 bits per heavy atom. The van der Waals surface area contributed by atoms with Gasteiger partial charge in [0.25, 0.3) is 0 Å². The van der Waals surface area contributed by atoms with Crippen molar-refractivity contribution in [1.29, 1.82) is 0 Å². The molecule has 0 fully saturated rings. The van der Waals surface area contributed by atoms with Crippen molar-refractivity contribution in [2.45, 2.75) is 56.9 Å². The van der Waals surface area contributed by atoms with Crippen LogP contribution < -0.4 is 16.0 Å². The van der Waals surface area contributed by atoms with E-state index in [0.29, 0.717) is 9.76 Å². The highest BCUT2D eigenvalue weighted by Crippen LogP contribution is 2.42. The number of terminal acetylenes is 1. The van der Waals surface area contributed by atoms with Crippen molar-refractivity contribution < 1.29 is 39.3 Å². The van der Waals surface area contributed by atoms with E-state index in [1.165, 1.54) is 6.92 Å². The Hall–Kier alpha value is -3.47. The van der Waals surface area contributed by atoms with Gasteiger partial charge in [-0.15, -0.1) is 12.3 Å². The smallest absolute Gasteiger partial charge is 0.338 e. The van der Waals surface area contributed by atoms with Gasteiger partial charge in [0.05, 0.1) is 21.6 Å². The van der Waals surface area contributed by atoms with E-state index < -0.39 is 58.5 Å². The fourth-order valence-electron chi connectivity index (χ4n) is 3.62. The van der Waals surface area contributed by atoms with Crippen molar-refractivity contribution in [2.24, 2.45) is 5.41 Å². The summed E-state index contributed by atoms with van der Waals surface area (Å²) in [5, 5.41) is 34.4. The average Bonchev–Trinajstić information content (AvgIpc) is 2.87. The third kappa shape index (κ3) is 10.7. The molecular formula is C26H33N3O8S2. The molecule has 1 rings (SSSR count). The molecule has 3 amide bonds. The van der Waals surface area contributed by atoms with Crippen LogP contribution >= 0.6 is 24.0 Å². The van der Waals surface area contributed by atoms with Gasteiger partial charge in [0, 0.05) is 18.4 Å². The summed E-state index contributed by atoms with van der Waals surface area (Å²) in [7, 11) is 0. The van der Waals surface area contributed by atoms with Gasteiger partial charge in [-0.1, -0.05) is 61.2 Å². The number of carboxylic acid groups (broad SMARTS) is 2. The number of nitrogens with one attached hydrogen (secondary N) is 3. The summed E-state index contributed by atoms with van der Waals surface area (Å²) in [6.45, 7) is 3.95. The van der Waals surface area contributed by atoms with Crippen molar-refractivity contribution in [3.8, 4) is 12.3 Å². The van der Waals surface area contributed by atoms with Crippen LogP contribution in [0.2, 0.25) is 0 Å². The normalized spacial score (nSPS) is 14.6. The number of carbonyl (C=O) groups is 5. The number of aliphatic hydroxyl groups excluding tert-OH is 1. The largest absolute Gasteiger partial charge is 0.479 e. The van der Waals surface area contributed by atoms with E-state index in [0.717, 1.165) is 11.8 Å². The maximum absolute atomic E-state index is 13.5. The van der Waals surface area contributed by atoms with Gasteiger partial charge in [0.2, 0.25) is 23.8 Å². The fraction of sp³-hybridized carbons (Fsp3) is 0.462. The molecule has 11 nitrogen and oxygen atoms in total. The van der Waals surface area contributed by atoms with Crippen molar-refractivity contribution in [1.82, 2.24) is 16.0 Å². The Bertz CT molecular complexity index is 1110. The lowest BCUT2D eigenvalue weighted by Gasteiger charge is -2.37. The van der Waals surface area contributed by atoms with Crippen LogP contribution in [0.3, 0.4) is 0 Å². The number of aliphatic carboxylic acids is 2. The van der Waals surface area contributed by atoms with E-state index in [-0.39, 0.29) is 25.8 Å². The van der Waals surface area contributed by atoms with Gasteiger partial charge >= 0.3 is 11.9 Å². The van der Waals surface area contributed by atoms with Crippen LogP contribution in [-0.2, 0) is 24.0 Å². The van der Waals surface area contributed by atoms with Gasteiger partial charge in [-0.2, -0.15) is 0 Å². The van der Waals surface area contributed by atoms with Crippen molar-refractivity contribution >= 4 is 57.8 Å². The highest BCUT2D eigenvalue weighted by atomic mass is 32.2. The molecule has 3 unspecified atom stereocenters. The zero-order chi connectivity index (χ0) is 29.8. The van der Waals surface area contributed by atoms with Crippen LogP contribution in [0.4, 0.5) is 0 Å². The summed E-state index contributed by atoms with van der Waals surface area (Å²) in [6.07, 6.45) is 4.99. The lowest BCUT2D eigenvalue weighted by atomic mass is 9.76. The monoisotopic (exact) mass is 579 g/mol. The summed E-state index contributed by atoms with van der Waals surface area (Å²) in [5.41, 5.74) is -0.531. The number of benzene rings is 1. The number of hydrogen-bond donors (Lipinski definition) is 6. The van der Waals surface area contributed by atoms with Crippen LogP contribution in [0.1, 0.15) is 45.6 Å². The van der Waals surface area contributed by atoms with Gasteiger partial charge in [-0.25, -0.2) is 9.59 Å². The Morgan fingerprint density at radius 2 is 1.64 bits per heavy atom. The molecule has 0 saturated heterocycles. The second-order valence-corrected chi connectivity index (χ2v) is 11.5. The van der Waals surface area contributed by atoms with Crippen LogP contribution in [0.15, 0.2) is 30.3 Å². The molecule has 0 aliphatic heterocycles.